The van der Waals surface area contributed by atoms with Crippen molar-refractivity contribution >= 4 is 0 Å². The average molecular weight is 224 g/mol. The molecular weight excluding hydrogens is 200 g/mol. The van der Waals surface area contributed by atoms with Crippen LogP contribution in [0.2, 0.25) is 0 Å². The van der Waals surface area contributed by atoms with E-state index in [0.717, 1.165) is 13.1 Å². The fourth-order valence-electron chi connectivity index (χ4n) is 3.59. The second-order valence-corrected chi connectivity index (χ2v) is 6.04. The van der Waals surface area contributed by atoms with E-state index in [9.17, 15) is 0 Å². The van der Waals surface area contributed by atoms with Gasteiger partial charge < -0.3 is 10.5 Å². The van der Waals surface area contributed by atoms with E-state index in [2.05, 4.69) is 4.90 Å². The molecule has 3 fully saturated rings. The van der Waals surface area contributed by atoms with E-state index in [-0.39, 0.29) is 5.54 Å². The Kier molecular flexibility index (Phi) is 2.94. The maximum absolute atomic E-state index is 6.40. The Morgan fingerprint density at radius 1 is 1.12 bits per heavy atom. The van der Waals surface area contributed by atoms with Crippen molar-refractivity contribution in [3.05, 3.63) is 0 Å². The van der Waals surface area contributed by atoms with Gasteiger partial charge in [0.05, 0.1) is 12.2 Å². The van der Waals surface area contributed by atoms with Crippen LogP contribution in [0, 0.1) is 0 Å². The molecule has 2 aliphatic heterocycles. The maximum atomic E-state index is 6.40. The van der Waals surface area contributed by atoms with Gasteiger partial charge in [0, 0.05) is 25.2 Å². The Balaban J connectivity index is 1.48. The molecule has 2 atom stereocenters. The summed E-state index contributed by atoms with van der Waals surface area (Å²) >= 11 is 0. The summed E-state index contributed by atoms with van der Waals surface area (Å²) < 4.78 is 5.85. The molecule has 0 radical (unpaired) electrons. The summed E-state index contributed by atoms with van der Waals surface area (Å²) in [6.45, 7) is 3.48. The molecule has 3 aliphatic rings. The standard InChI is InChI=1S/C13H24N2O/c14-13(5-1-2-6-13)7-8-15-9-11-3-4-12(10-15)16-11/h11-12H,1-10,14H2. The van der Waals surface area contributed by atoms with Crippen molar-refractivity contribution in [2.45, 2.75) is 62.7 Å². The van der Waals surface area contributed by atoms with Gasteiger partial charge in [0.15, 0.2) is 0 Å². The highest BCUT2D eigenvalue weighted by molar-refractivity contribution is 4.91. The SMILES string of the molecule is NC1(CCN2CC3CCC(C2)O3)CCCC1. The van der Waals surface area contributed by atoms with Crippen LogP contribution in [-0.4, -0.2) is 42.3 Å². The van der Waals surface area contributed by atoms with Gasteiger partial charge in [0.2, 0.25) is 0 Å². The highest BCUT2D eigenvalue weighted by atomic mass is 16.5. The fourth-order valence-corrected chi connectivity index (χ4v) is 3.59. The first kappa shape index (κ1) is 11.0. The van der Waals surface area contributed by atoms with Crippen LogP contribution in [0.3, 0.4) is 0 Å². The molecule has 0 amide bonds. The molecule has 3 heteroatoms. The molecule has 2 N–H and O–H groups in total. The van der Waals surface area contributed by atoms with Crippen LogP contribution in [0.5, 0.6) is 0 Å². The van der Waals surface area contributed by atoms with Gasteiger partial charge in [-0.1, -0.05) is 12.8 Å². The molecule has 0 aromatic rings. The van der Waals surface area contributed by atoms with Crippen molar-refractivity contribution in [3.63, 3.8) is 0 Å². The predicted molar refractivity (Wildman–Crippen MR) is 64.3 cm³/mol. The van der Waals surface area contributed by atoms with E-state index in [0.29, 0.717) is 12.2 Å². The Labute approximate surface area is 98.3 Å². The van der Waals surface area contributed by atoms with Crippen molar-refractivity contribution in [1.29, 1.82) is 0 Å². The van der Waals surface area contributed by atoms with Crippen LogP contribution in [-0.2, 0) is 4.74 Å². The lowest BCUT2D eigenvalue weighted by Crippen LogP contribution is -2.46. The van der Waals surface area contributed by atoms with Gasteiger partial charge in [0.25, 0.3) is 0 Å². The van der Waals surface area contributed by atoms with Gasteiger partial charge in [-0.3, -0.25) is 4.90 Å². The smallest absolute Gasteiger partial charge is 0.0707 e. The van der Waals surface area contributed by atoms with Crippen LogP contribution < -0.4 is 5.73 Å². The highest BCUT2D eigenvalue weighted by Gasteiger charge is 2.35. The summed E-state index contributed by atoms with van der Waals surface area (Å²) in [5.41, 5.74) is 6.57. The number of likely N-dealkylation sites (tertiary alicyclic amines) is 1. The van der Waals surface area contributed by atoms with Crippen LogP contribution in [0.25, 0.3) is 0 Å². The molecule has 0 aromatic carbocycles. The fraction of sp³-hybridized carbons (Fsp3) is 1.00. The third-order valence-electron chi connectivity index (χ3n) is 4.64. The molecule has 0 spiro atoms. The number of hydrogen-bond donors (Lipinski definition) is 1. The summed E-state index contributed by atoms with van der Waals surface area (Å²) in [7, 11) is 0. The van der Waals surface area contributed by atoms with Gasteiger partial charge in [-0.05, 0) is 32.1 Å². The van der Waals surface area contributed by atoms with Gasteiger partial charge >= 0.3 is 0 Å². The summed E-state index contributed by atoms with van der Waals surface area (Å²) in [6.07, 6.45) is 9.94. The quantitative estimate of drug-likeness (QED) is 0.790. The van der Waals surface area contributed by atoms with E-state index in [1.165, 1.54) is 51.5 Å². The zero-order valence-corrected chi connectivity index (χ0v) is 10.2. The maximum Gasteiger partial charge on any atom is 0.0707 e. The number of nitrogens with two attached hydrogens (primary N) is 1. The van der Waals surface area contributed by atoms with Crippen molar-refractivity contribution in [2.24, 2.45) is 5.73 Å². The summed E-state index contributed by atoms with van der Waals surface area (Å²) in [6, 6.07) is 0. The molecule has 2 bridgehead atoms. The second kappa shape index (κ2) is 4.28. The van der Waals surface area contributed by atoms with E-state index in [1.54, 1.807) is 0 Å². The second-order valence-electron chi connectivity index (χ2n) is 6.04. The Morgan fingerprint density at radius 3 is 2.38 bits per heavy atom. The number of fused-ring (bicyclic) bond motifs is 2. The minimum absolute atomic E-state index is 0.164. The molecule has 1 aliphatic carbocycles. The topological polar surface area (TPSA) is 38.5 Å². The molecule has 3 rings (SSSR count). The monoisotopic (exact) mass is 224 g/mol. The zero-order valence-electron chi connectivity index (χ0n) is 10.2. The van der Waals surface area contributed by atoms with Crippen molar-refractivity contribution in [2.75, 3.05) is 19.6 Å². The zero-order chi connectivity index (χ0) is 11.0. The van der Waals surface area contributed by atoms with Crippen molar-refractivity contribution in [3.8, 4) is 0 Å². The molecule has 1 saturated carbocycles. The first-order chi connectivity index (χ1) is 7.73. The molecule has 2 heterocycles. The molecule has 16 heavy (non-hydrogen) atoms. The molecular formula is C13H24N2O. The molecule has 92 valence electrons. The summed E-state index contributed by atoms with van der Waals surface area (Å²) in [4.78, 5) is 2.58. The number of nitrogens with zero attached hydrogens (tertiary/aromatic N) is 1. The first-order valence-electron chi connectivity index (χ1n) is 6.90. The average Bonchev–Trinajstić information content (AvgIpc) is 2.84. The summed E-state index contributed by atoms with van der Waals surface area (Å²) in [5, 5.41) is 0. The lowest BCUT2D eigenvalue weighted by Gasteiger charge is -2.34. The lowest BCUT2D eigenvalue weighted by molar-refractivity contribution is -0.0398. The molecule has 0 aromatic heterocycles. The highest BCUT2D eigenvalue weighted by Crippen LogP contribution is 2.31. The third kappa shape index (κ3) is 2.27. The van der Waals surface area contributed by atoms with E-state index in [4.69, 9.17) is 10.5 Å². The number of morpholine rings is 1. The first-order valence-corrected chi connectivity index (χ1v) is 6.90. The Hall–Kier alpha value is -0.120. The third-order valence-corrected chi connectivity index (χ3v) is 4.64. The van der Waals surface area contributed by atoms with E-state index >= 15 is 0 Å². The summed E-state index contributed by atoms with van der Waals surface area (Å²) in [5.74, 6) is 0. The molecule has 2 saturated heterocycles. The van der Waals surface area contributed by atoms with Crippen LogP contribution in [0.1, 0.15) is 44.9 Å². The van der Waals surface area contributed by atoms with Crippen molar-refractivity contribution in [1.82, 2.24) is 4.90 Å². The van der Waals surface area contributed by atoms with Gasteiger partial charge in [-0.15, -0.1) is 0 Å². The van der Waals surface area contributed by atoms with Crippen LogP contribution in [0.15, 0.2) is 0 Å². The van der Waals surface area contributed by atoms with E-state index in [1.807, 2.05) is 0 Å². The van der Waals surface area contributed by atoms with Gasteiger partial charge in [-0.2, -0.15) is 0 Å². The Morgan fingerprint density at radius 2 is 1.75 bits per heavy atom. The molecule has 2 unspecified atom stereocenters. The number of ether oxygens (including phenoxy) is 1. The largest absolute Gasteiger partial charge is 0.372 e. The predicted octanol–water partition coefficient (Wildman–Crippen LogP) is 1.51. The normalized spacial score (nSPS) is 38.1. The van der Waals surface area contributed by atoms with E-state index < -0.39 is 0 Å². The van der Waals surface area contributed by atoms with Crippen molar-refractivity contribution < 1.29 is 4.74 Å². The Bertz CT molecular complexity index is 238. The number of hydrogen-bond acceptors (Lipinski definition) is 3. The van der Waals surface area contributed by atoms with Gasteiger partial charge in [-0.25, -0.2) is 0 Å². The number of rotatable bonds is 3. The van der Waals surface area contributed by atoms with Crippen LogP contribution >= 0.6 is 0 Å². The minimum atomic E-state index is 0.164. The molecule has 3 nitrogen and oxygen atoms in total. The van der Waals surface area contributed by atoms with Gasteiger partial charge in [0.1, 0.15) is 0 Å². The minimum Gasteiger partial charge on any atom is -0.372 e. The lowest BCUT2D eigenvalue weighted by atomic mass is 9.94. The van der Waals surface area contributed by atoms with Crippen LogP contribution in [0.4, 0.5) is 0 Å².